The van der Waals surface area contributed by atoms with Crippen molar-refractivity contribution in [3.63, 3.8) is 0 Å². The van der Waals surface area contributed by atoms with Crippen LogP contribution in [0.5, 0.6) is 11.5 Å². The molecule has 0 bridgehead atoms. The topological polar surface area (TPSA) is 65.5 Å². The molecular weight excluding hydrogens is 402 g/mol. The highest BCUT2D eigenvalue weighted by atomic mass is 16.5. The van der Waals surface area contributed by atoms with E-state index in [2.05, 4.69) is 4.98 Å². The number of carbonyl (C=O) groups excluding carboxylic acids is 2. The van der Waals surface area contributed by atoms with E-state index in [4.69, 9.17) is 9.47 Å². The van der Waals surface area contributed by atoms with Crippen LogP contribution in [0.15, 0.2) is 103 Å². The Bertz CT molecular complexity index is 1330. The van der Waals surface area contributed by atoms with Gasteiger partial charge in [0.1, 0.15) is 11.5 Å². The van der Waals surface area contributed by atoms with Gasteiger partial charge in [-0.3, -0.25) is 9.78 Å². The lowest BCUT2D eigenvalue weighted by atomic mass is 10.0. The van der Waals surface area contributed by atoms with Gasteiger partial charge in [0.15, 0.2) is 5.76 Å². The number of pyridine rings is 1. The molecule has 0 aliphatic carbocycles. The lowest BCUT2D eigenvalue weighted by Gasteiger charge is -2.05. The summed E-state index contributed by atoms with van der Waals surface area (Å²) in [5.74, 6) is 0.134. The molecule has 5 heteroatoms. The van der Waals surface area contributed by atoms with E-state index in [-0.39, 0.29) is 11.5 Å². The van der Waals surface area contributed by atoms with Crippen LogP contribution >= 0.6 is 0 Å². The monoisotopic (exact) mass is 419 g/mol. The molecule has 4 aromatic rings. The Morgan fingerprint density at radius 1 is 0.875 bits per heavy atom. The third-order valence-corrected chi connectivity index (χ3v) is 5.06. The fraction of sp³-hybridized carbons (Fsp3) is 0. The molecule has 0 spiro atoms. The molecule has 154 valence electrons. The quantitative estimate of drug-likeness (QED) is 0.245. The molecule has 0 saturated heterocycles. The number of fused-ring (bicyclic) bond motifs is 1. The lowest BCUT2D eigenvalue weighted by Crippen LogP contribution is -2.08. The number of esters is 1. The van der Waals surface area contributed by atoms with E-state index in [1.54, 1.807) is 42.6 Å². The molecule has 3 aromatic carbocycles. The largest absolute Gasteiger partial charge is 0.452 e. The number of benzene rings is 3. The summed E-state index contributed by atoms with van der Waals surface area (Å²) in [6.45, 7) is 0. The lowest BCUT2D eigenvalue weighted by molar-refractivity contribution is 0.0734. The SMILES string of the molecule is O=C(Oc1ccc2c(c1)O/C(=C\c1ccc(-c3ccccc3)cc1)C2=O)c1cccnc1. The first kappa shape index (κ1) is 19.5. The summed E-state index contributed by atoms with van der Waals surface area (Å²) in [6, 6.07) is 26.0. The smallest absolute Gasteiger partial charge is 0.345 e. The van der Waals surface area contributed by atoms with Crippen molar-refractivity contribution in [3.05, 3.63) is 120 Å². The van der Waals surface area contributed by atoms with Crippen molar-refractivity contribution < 1.29 is 19.1 Å². The Hall–Kier alpha value is -4.51. The summed E-state index contributed by atoms with van der Waals surface area (Å²) in [5.41, 5.74) is 3.84. The molecule has 0 unspecified atom stereocenters. The van der Waals surface area contributed by atoms with E-state index in [9.17, 15) is 9.59 Å². The van der Waals surface area contributed by atoms with Crippen LogP contribution in [0.25, 0.3) is 17.2 Å². The summed E-state index contributed by atoms with van der Waals surface area (Å²) in [4.78, 5) is 28.9. The van der Waals surface area contributed by atoms with Crippen molar-refractivity contribution in [3.8, 4) is 22.6 Å². The summed E-state index contributed by atoms with van der Waals surface area (Å²) < 4.78 is 11.2. The molecule has 0 N–H and O–H groups in total. The highest BCUT2D eigenvalue weighted by molar-refractivity contribution is 6.14. The average Bonchev–Trinajstić information content (AvgIpc) is 3.15. The zero-order valence-corrected chi connectivity index (χ0v) is 16.9. The molecular formula is C27H17NO4. The van der Waals surface area contributed by atoms with Crippen LogP contribution in [0.1, 0.15) is 26.3 Å². The predicted molar refractivity (Wildman–Crippen MR) is 120 cm³/mol. The third kappa shape index (κ3) is 3.91. The van der Waals surface area contributed by atoms with Crippen molar-refractivity contribution in [2.24, 2.45) is 0 Å². The molecule has 0 saturated carbocycles. The number of allylic oxidation sites excluding steroid dienone is 1. The number of rotatable bonds is 4. The Kier molecular flexibility index (Phi) is 5.06. The van der Waals surface area contributed by atoms with Gasteiger partial charge in [0.25, 0.3) is 0 Å². The van der Waals surface area contributed by atoms with Gasteiger partial charge in [-0.1, -0.05) is 54.6 Å². The normalized spacial score (nSPS) is 13.5. The van der Waals surface area contributed by atoms with Crippen molar-refractivity contribution in [2.45, 2.75) is 0 Å². The summed E-state index contributed by atoms with van der Waals surface area (Å²) in [6.07, 6.45) is 4.72. The molecule has 1 aliphatic rings. The molecule has 0 fully saturated rings. The minimum Gasteiger partial charge on any atom is -0.452 e. The second-order valence-corrected chi connectivity index (χ2v) is 7.22. The first-order valence-corrected chi connectivity index (χ1v) is 10.0. The van der Waals surface area contributed by atoms with Gasteiger partial charge >= 0.3 is 5.97 Å². The van der Waals surface area contributed by atoms with E-state index >= 15 is 0 Å². The van der Waals surface area contributed by atoms with Crippen LogP contribution < -0.4 is 9.47 Å². The van der Waals surface area contributed by atoms with Gasteiger partial charge in [-0.15, -0.1) is 0 Å². The van der Waals surface area contributed by atoms with Crippen LogP contribution in [0.4, 0.5) is 0 Å². The summed E-state index contributed by atoms with van der Waals surface area (Å²) >= 11 is 0. The standard InChI is InChI=1S/C27H17NO4/c29-26-23-13-12-22(31-27(30)21-7-4-14-28-17-21)16-24(23)32-25(26)15-18-8-10-20(11-9-18)19-5-2-1-3-6-19/h1-17H/b25-15-. The zero-order chi connectivity index (χ0) is 21.9. The van der Waals surface area contributed by atoms with Gasteiger partial charge in [-0.25, -0.2) is 4.79 Å². The number of nitrogens with zero attached hydrogens (tertiary/aromatic N) is 1. The molecule has 2 heterocycles. The van der Waals surface area contributed by atoms with E-state index in [0.29, 0.717) is 22.6 Å². The van der Waals surface area contributed by atoms with Gasteiger partial charge in [-0.2, -0.15) is 0 Å². The van der Waals surface area contributed by atoms with Crippen LogP contribution in [0.3, 0.4) is 0 Å². The first-order chi connectivity index (χ1) is 15.7. The molecule has 0 atom stereocenters. The maximum atomic E-state index is 12.7. The third-order valence-electron chi connectivity index (χ3n) is 5.06. The van der Waals surface area contributed by atoms with E-state index in [1.165, 1.54) is 6.20 Å². The molecule has 32 heavy (non-hydrogen) atoms. The number of hydrogen-bond donors (Lipinski definition) is 0. The van der Waals surface area contributed by atoms with Crippen molar-refractivity contribution in [1.82, 2.24) is 4.98 Å². The van der Waals surface area contributed by atoms with Gasteiger partial charge in [0.2, 0.25) is 5.78 Å². The van der Waals surface area contributed by atoms with Gasteiger partial charge in [0.05, 0.1) is 11.1 Å². The maximum absolute atomic E-state index is 12.7. The van der Waals surface area contributed by atoms with Crippen LogP contribution in [0, 0.1) is 0 Å². The molecule has 5 rings (SSSR count). The minimum absolute atomic E-state index is 0.211. The van der Waals surface area contributed by atoms with E-state index in [1.807, 2.05) is 54.6 Å². The second-order valence-electron chi connectivity index (χ2n) is 7.22. The molecule has 1 aliphatic heterocycles. The van der Waals surface area contributed by atoms with E-state index in [0.717, 1.165) is 16.7 Å². The Balaban J connectivity index is 1.34. The maximum Gasteiger partial charge on any atom is 0.345 e. The molecule has 0 radical (unpaired) electrons. The molecule has 5 nitrogen and oxygen atoms in total. The fourth-order valence-electron chi connectivity index (χ4n) is 3.43. The minimum atomic E-state index is -0.531. The zero-order valence-electron chi connectivity index (χ0n) is 16.9. The molecule has 0 amide bonds. The number of ether oxygens (including phenoxy) is 2. The average molecular weight is 419 g/mol. The number of Topliss-reactive ketones (excluding diaryl/α,β-unsaturated/α-hetero) is 1. The van der Waals surface area contributed by atoms with Crippen molar-refractivity contribution in [2.75, 3.05) is 0 Å². The van der Waals surface area contributed by atoms with Crippen LogP contribution in [-0.2, 0) is 0 Å². The number of aromatic nitrogens is 1. The Morgan fingerprint density at radius 3 is 2.41 bits per heavy atom. The number of ketones is 1. The highest BCUT2D eigenvalue weighted by Gasteiger charge is 2.28. The second kappa shape index (κ2) is 8.32. The summed E-state index contributed by atoms with van der Waals surface area (Å²) in [5, 5.41) is 0. The van der Waals surface area contributed by atoms with E-state index < -0.39 is 5.97 Å². The first-order valence-electron chi connectivity index (χ1n) is 10.0. The Morgan fingerprint density at radius 2 is 1.66 bits per heavy atom. The predicted octanol–water partition coefficient (Wildman–Crippen LogP) is 5.58. The van der Waals surface area contributed by atoms with Gasteiger partial charge in [-0.05, 0) is 47.0 Å². The highest BCUT2D eigenvalue weighted by Crippen LogP contribution is 2.35. The number of carbonyl (C=O) groups is 2. The van der Waals surface area contributed by atoms with Crippen molar-refractivity contribution >= 4 is 17.8 Å². The van der Waals surface area contributed by atoms with Gasteiger partial charge < -0.3 is 9.47 Å². The fourth-order valence-corrected chi connectivity index (χ4v) is 3.43. The Labute approximate surface area is 184 Å². The molecule has 1 aromatic heterocycles. The van der Waals surface area contributed by atoms with Crippen molar-refractivity contribution in [1.29, 1.82) is 0 Å². The van der Waals surface area contributed by atoms with Gasteiger partial charge in [0, 0.05) is 18.5 Å². The summed E-state index contributed by atoms with van der Waals surface area (Å²) in [7, 11) is 0. The van der Waals surface area contributed by atoms with Crippen LogP contribution in [-0.4, -0.2) is 16.7 Å². The number of hydrogen-bond acceptors (Lipinski definition) is 5. The van der Waals surface area contributed by atoms with Crippen LogP contribution in [0.2, 0.25) is 0 Å².